The van der Waals surface area contributed by atoms with Crippen molar-refractivity contribution in [1.29, 1.82) is 0 Å². The fourth-order valence-corrected chi connectivity index (χ4v) is 3.24. The summed E-state index contributed by atoms with van der Waals surface area (Å²) in [4.78, 5) is 30.0. The van der Waals surface area contributed by atoms with Gasteiger partial charge in [0.05, 0.1) is 23.6 Å². The Morgan fingerprint density at radius 3 is 2.75 bits per heavy atom. The SMILES string of the molecule is Cc1nnc(-c2c[nH]c(=O)[nH]c2=O)cc1N1CCOC(c2ccc(F)cc2)C1. The molecule has 0 spiro atoms. The van der Waals surface area contributed by atoms with Crippen molar-refractivity contribution in [3.05, 3.63) is 74.4 Å². The second kappa shape index (κ2) is 7.35. The number of H-pyrrole nitrogens is 2. The number of morpholine rings is 1. The summed E-state index contributed by atoms with van der Waals surface area (Å²) in [5.74, 6) is -0.290. The van der Waals surface area contributed by atoms with E-state index in [4.69, 9.17) is 4.74 Å². The first-order valence-electron chi connectivity index (χ1n) is 8.80. The Balaban J connectivity index is 1.65. The molecule has 28 heavy (non-hydrogen) atoms. The van der Waals surface area contributed by atoms with Gasteiger partial charge in [-0.3, -0.25) is 9.78 Å². The molecule has 0 amide bonds. The van der Waals surface area contributed by atoms with Crippen LogP contribution in [0.5, 0.6) is 0 Å². The number of hydrogen-bond acceptors (Lipinski definition) is 6. The number of rotatable bonds is 3. The van der Waals surface area contributed by atoms with Crippen LogP contribution in [0, 0.1) is 12.7 Å². The molecule has 0 bridgehead atoms. The lowest BCUT2D eigenvalue weighted by Crippen LogP contribution is -2.39. The van der Waals surface area contributed by atoms with Crippen LogP contribution in [-0.4, -0.2) is 39.9 Å². The van der Waals surface area contributed by atoms with E-state index in [1.807, 2.05) is 6.92 Å². The molecule has 9 heteroatoms. The molecule has 1 atom stereocenters. The molecule has 2 N–H and O–H groups in total. The molecule has 1 aliphatic heterocycles. The van der Waals surface area contributed by atoms with E-state index in [0.29, 0.717) is 31.1 Å². The Bertz CT molecular complexity index is 1110. The van der Waals surface area contributed by atoms with Crippen LogP contribution in [0.3, 0.4) is 0 Å². The number of aryl methyl sites for hydroxylation is 1. The maximum atomic E-state index is 13.2. The summed E-state index contributed by atoms with van der Waals surface area (Å²) in [6, 6.07) is 8.03. The molecule has 3 aromatic rings. The number of benzene rings is 1. The average molecular weight is 383 g/mol. The summed E-state index contributed by atoms with van der Waals surface area (Å²) in [5, 5.41) is 8.27. The van der Waals surface area contributed by atoms with E-state index >= 15 is 0 Å². The van der Waals surface area contributed by atoms with Crippen LogP contribution in [0.15, 0.2) is 46.1 Å². The molecule has 3 heterocycles. The number of nitrogens with one attached hydrogen (secondary N) is 2. The van der Waals surface area contributed by atoms with E-state index in [0.717, 1.165) is 11.3 Å². The zero-order valence-corrected chi connectivity index (χ0v) is 15.1. The molecule has 1 aliphatic rings. The average Bonchev–Trinajstić information content (AvgIpc) is 2.69. The number of nitrogens with zero attached hydrogens (tertiary/aromatic N) is 3. The lowest BCUT2D eigenvalue weighted by molar-refractivity contribution is 0.0397. The van der Waals surface area contributed by atoms with E-state index in [2.05, 4.69) is 25.1 Å². The van der Waals surface area contributed by atoms with Crippen LogP contribution in [0.4, 0.5) is 10.1 Å². The highest BCUT2D eigenvalue weighted by Gasteiger charge is 2.24. The Labute approximate surface area is 159 Å². The molecule has 0 radical (unpaired) electrons. The molecule has 1 unspecified atom stereocenters. The van der Waals surface area contributed by atoms with Gasteiger partial charge in [-0.05, 0) is 30.7 Å². The highest BCUT2D eigenvalue weighted by atomic mass is 19.1. The number of halogens is 1. The fraction of sp³-hybridized carbons (Fsp3) is 0.263. The molecule has 1 aromatic carbocycles. The standard InChI is InChI=1S/C19H18FN5O3/c1-11-16(8-15(24-23-11)14-9-21-19(27)22-18(14)26)25-6-7-28-17(10-25)12-2-4-13(20)5-3-12/h2-5,8-9,17H,6-7,10H2,1H3,(H2,21,22,26,27). The molecule has 0 saturated carbocycles. The Morgan fingerprint density at radius 2 is 2.00 bits per heavy atom. The molecule has 0 aliphatic carbocycles. The van der Waals surface area contributed by atoms with E-state index in [1.54, 1.807) is 18.2 Å². The van der Waals surface area contributed by atoms with Gasteiger partial charge in [0, 0.05) is 19.3 Å². The first-order valence-corrected chi connectivity index (χ1v) is 8.80. The molecular formula is C19H18FN5O3. The molecule has 1 saturated heterocycles. The molecule has 1 fully saturated rings. The zero-order chi connectivity index (χ0) is 19.7. The summed E-state index contributed by atoms with van der Waals surface area (Å²) in [6.45, 7) is 3.54. The number of ether oxygens (including phenoxy) is 1. The lowest BCUT2D eigenvalue weighted by Gasteiger charge is -2.35. The van der Waals surface area contributed by atoms with Crippen LogP contribution in [0.25, 0.3) is 11.3 Å². The van der Waals surface area contributed by atoms with Gasteiger partial charge in [0.1, 0.15) is 17.6 Å². The van der Waals surface area contributed by atoms with Crippen molar-refractivity contribution in [2.45, 2.75) is 13.0 Å². The van der Waals surface area contributed by atoms with Crippen molar-refractivity contribution in [3.63, 3.8) is 0 Å². The van der Waals surface area contributed by atoms with E-state index < -0.39 is 11.2 Å². The second-order valence-corrected chi connectivity index (χ2v) is 6.54. The Kier molecular flexibility index (Phi) is 4.74. The predicted octanol–water partition coefficient (Wildman–Crippen LogP) is 1.55. The highest BCUT2D eigenvalue weighted by molar-refractivity contribution is 5.64. The van der Waals surface area contributed by atoms with Crippen molar-refractivity contribution in [3.8, 4) is 11.3 Å². The zero-order valence-electron chi connectivity index (χ0n) is 15.1. The molecule has 8 nitrogen and oxygen atoms in total. The maximum absolute atomic E-state index is 13.2. The van der Waals surface area contributed by atoms with Crippen molar-refractivity contribution in [2.24, 2.45) is 0 Å². The molecule has 2 aromatic heterocycles. The number of aromatic nitrogens is 4. The van der Waals surface area contributed by atoms with Crippen LogP contribution >= 0.6 is 0 Å². The van der Waals surface area contributed by atoms with Gasteiger partial charge in [0.15, 0.2) is 0 Å². The Morgan fingerprint density at radius 1 is 1.21 bits per heavy atom. The molecule has 144 valence electrons. The van der Waals surface area contributed by atoms with Crippen LogP contribution in [0.1, 0.15) is 17.4 Å². The third-order valence-electron chi connectivity index (χ3n) is 4.70. The third-order valence-corrected chi connectivity index (χ3v) is 4.70. The summed E-state index contributed by atoms with van der Waals surface area (Å²) in [6.07, 6.45) is 1.12. The largest absolute Gasteiger partial charge is 0.370 e. The van der Waals surface area contributed by atoms with Gasteiger partial charge in [-0.2, -0.15) is 5.10 Å². The first-order chi connectivity index (χ1) is 13.5. The van der Waals surface area contributed by atoms with Gasteiger partial charge in [-0.25, -0.2) is 9.18 Å². The van der Waals surface area contributed by atoms with Gasteiger partial charge in [-0.15, -0.1) is 5.10 Å². The third kappa shape index (κ3) is 3.56. The van der Waals surface area contributed by atoms with Gasteiger partial charge < -0.3 is 14.6 Å². The smallest absolute Gasteiger partial charge is 0.325 e. The van der Waals surface area contributed by atoms with Crippen LogP contribution in [-0.2, 0) is 4.74 Å². The van der Waals surface area contributed by atoms with Gasteiger partial charge in [-0.1, -0.05) is 12.1 Å². The summed E-state index contributed by atoms with van der Waals surface area (Å²) in [5.41, 5.74) is 1.92. The number of aromatic amines is 2. The normalized spacial score (nSPS) is 16.9. The maximum Gasteiger partial charge on any atom is 0.325 e. The fourth-order valence-electron chi connectivity index (χ4n) is 3.24. The summed E-state index contributed by atoms with van der Waals surface area (Å²) < 4.78 is 19.0. The predicted molar refractivity (Wildman–Crippen MR) is 101 cm³/mol. The van der Waals surface area contributed by atoms with E-state index in [9.17, 15) is 14.0 Å². The number of anilines is 1. The summed E-state index contributed by atoms with van der Waals surface area (Å²) >= 11 is 0. The Hall–Kier alpha value is -3.33. The monoisotopic (exact) mass is 383 g/mol. The van der Waals surface area contributed by atoms with Crippen LogP contribution < -0.4 is 16.1 Å². The van der Waals surface area contributed by atoms with Gasteiger partial charge in [0.2, 0.25) is 0 Å². The minimum absolute atomic E-state index is 0.207. The van der Waals surface area contributed by atoms with Crippen molar-refractivity contribution in [2.75, 3.05) is 24.6 Å². The van der Waals surface area contributed by atoms with Crippen molar-refractivity contribution < 1.29 is 9.13 Å². The van der Waals surface area contributed by atoms with Crippen molar-refractivity contribution >= 4 is 5.69 Å². The van der Waals surface area contributed by atoms with Crippen molar-refractivity contribution in [1.82, 2.24) is 20.2 Å². The first kappa shape index (κ1) is 18.1. The van der Waals surface area contributed by atoms with Crippen LogP contribution in [0.2, 0.25) is 0 Å². The number of hydrogen-bond donors (Lipinski definition) is 2. The quantitative estimate of drug-likeness (QED) is 0.711. The van der Waals surface area contributed by atoms with E-state index in [-0.39, 0.29) is 17.5 Å². The minimum atomic E-state index is -0.579. The van der Waals surface area contributed by atoms with Gasteiger partial charge >= 0.3 is 5.69 Å². The minimum Gasteiger partial charge on any atom is -0.370 e. The summed E-state index contributed by atoms with van der Waals surface area (Å²) in [7, 11) is 0. The van der Waals surface area contributed by atoms with Gasteiger partial charge in [0.25, 0.3) is 5.56 Å². The molecule has 4 rings (SSSR count). The highest BCUT2D eigenvalue weighted by Crippen LogP contribution is 2.29. The second-order valence-electron chi connectivity index (χ2n) is 6.54. The van der Waals surface area contributed by atoms with E-state index in [1.165, 1.54) is 18.3 Å². The lowest BCUT2D eigenvalue weighted by atomic mass is 10.1. The topological polar surface area (TPSA) is 104 Å². The molecular weight excluding hydrogens is 365 g/mol.